The number of rotatable bonds is 13. The Kier molecular flexibility index (Phi) is 11.2. The summed E-state index contributed by atoms with van der Waals surface area (Å²) in [7, 11) is 2.82. The molecule has 1 heterocycles. The summed E-state index contributed by atoms with van der Waals surface area (Å²) in [5.41, 5.74) is 2.77. The van der Waals surface area contributed by atoms with Gasteiger partial charge in [0.1, 0.15) is 11.6 Å². The molecular weight excluding hydrogens is 558 g/mol. The fraction of sp³-hybridized carbons (Fsp3) is 0.267. The van der Waals surface area contributed by atoms with Crippen LogP contribution in [0.4, 0.5) is 22.0 Å². The molecule has 43 heavy (non-hydrogen) atoms. The predicted molar refractivity (Wildman–Crippen MR) is 158 cm³/mol. The second-order valence-corrected chi connectivity index (χ2v) is 9.61. The molecular formula is C30H33N5O8. The van der Waals surface area contributed by atoms with E-state index < -0.39 is 48.7 Å². The lowest BCUT2D eigenvalue weighted by atomic mass is 10.1. The van der Waals surface area contributed by atoms with Crippen LogP contribution in [-0.4, -0.2) is 64.0 Å². The molecule has 13 heteroatoms. The van der Waals surface area contributed by atoms with E-state index in [0.29, 0.717) is 22.7 Å². The molecule has 0 bridgehead atoms. The number of benzene rings is 2. The summed E-state index contributed by atoms with van der Waals surface area (Å²) in [4.78, 5) is 65.7. The highest BCUT2D eigenvalue weighted by Gasteiger charge is 2.26. The summed E-state index contributed by atoms with van der Waals surface area (Å²) in [5, 5.41) is 26.4. The number of hydrogen-bond acceptors (Lipinski definition) is 7. The minimum atomic E-state index is -1.18. The number of nitrogens with zero attached hydrogens (tertiary/aromatic N) is 2. The molecule has 226 valence electrons. The van der Waals surface area contributed by atoms with Crippen molar-refractivity contribution < 1.29 is 38.9 Å². The first-order chi connectivity index (χ1) is 20.5. The van der Waals surface area contributed by atoms with Gasteiger partial charge >= 0.3 is 18.0 Å². The minimum Gasteiger partial charge on any atom is -0.495 e. The van der Waals surface area contributed by atoms with E-state index in [2.05, 4.69) is 20.9 Å². The van der Waals surface area contributed by atoms with Gasteiger partial charge in [0.25, 0.3) is 0 Å². The van der Waals surface area contributed by atoms with Crippen molar-refractivity contribution in [2.75, 3.05) is 30.1 Å². The zero-order chi connectivity index (χ0) is 31.5. The van der Waals surface area contributed by atoms with Gasteiger partial charge in [0, 0.05) is 19.2 Å². The summed E-state index contributed by atoms with van der Waals surface area (Å²) in [6.07, 6.45) is -1.23. The molecule has 0 saturated heterocycles. The Morgan fingerprint density at radius 2 is 1.60 bits per heavy atom. The van der Waals surface area contributed by atoms with Crippen LogP contribution < -0.4 is 20.7 Å². The normalized spacial score (nSPS) is 11.1. The molecule has 13 nitrogen and oxygen atoms in total. The number of aliphatic carboxylic acids is 2. The number of carboxylic acids is 2. The summed E-state index contributed by atoms with van der Waals surface area (Å²) in [5.74, 6) is -2.82. The molecule has 0 aliphatic heterocycles. The average molecular weight is 592 g/mol. The number of amides is 4. The minimum absolute atomic E-state index is 0.0654. The Bertz CT molecular complexity index is 1510. The second-order valence-electron chi connectivity index (χ2n) is 9.61. The number of para-hydroxylation sites is 1. The van der Waals surface area contributed by atoms with Crippen molar-refractivity contribution in [2.24, 2.45) is 0 Å². The van der Waals surface area contributed by atoms with Crippen LogP contribution in [0.2, 0.25) is 0 Å². The van der Waals surface area contributed by atoms with Gasteiger partial charge in [-0.25, -0.2) is 9.78 Å². The smallest absolute Gasteiger partial charge is 0.323 e. The molecule has 0 radical (unpaired) electrons. The third-order valence-electron chi connectivity index (χ3n) is 6.43. The number of ether oxygens (including phenoxy) is 1. The van der Waals surface area contributed by atoms with Crippen LogP contribution in [0.3, 0.4) is 0 Å². The van der Waals surface area contributed by atoms with Gasteiger partial charge in [-0.05, 0) is 48.4 Å². The number of hydrogen-bond donors (Lipinski definition) is 5. The first-order valence-corrected chi connectivity index (χ1v) is 13.2. The van der Waals surface area contributed by atoms with Crippen molar-refractivity contribution >= 4 is 47.0 Å². The molecule has 2 aromatic carbocycles. The fourth-order valence-corrected chi connectivity index (χ4v) is 4.19. The highest BCUT2D eigenvalue weighted by molar-refractivity contribution is 6.01. The Balaban J connectivity index is 1.68. The molecule has 1 aromatic heterocycles. The molecule has 0 saturated carbocycles. The quantitative estimate of drug-likeness (QED) is 0.195. The first-order valence-electron chi connectivity index (χ1n) is 13.2. The van der Waals surface area contributed by atoms with E-state index in [1.165, 1.54) is 26.3 Å². The summed E-state index contributed by atoms with van der Waals surface area (Å²) in [6, 6.07) is 15.4. The van der Waals surface area contributed by atoms with E-state index in [9.17, 15) is 29.1 Å². The molecule has 0 aliphatic carbocycles. The van der Waals surface area contributed by atoms with Crippen molar-refractivity contribution in [3.05, 3.63) is 77.5 Å². The largest absolute Gasteiger partial charge is 0.495 e. The van der Waals surface area contributed by atoms with Gasteiger partial charge in [0.2, 0.25) is 11.8 Å². The van der Waals surface area contributed by atoms with Gasteiger partial charge in [-0.3, -0.25) is 19.2 Å². The number of aryl methyl sites for hydroxylation is 1. The van der Waals surface area contributed by atoms with Crippen LogP contribution in [0.1, 0.15) is 42.1 Å². The van der Waals surface area contributed by atoms with Crippen molar-refractivity contribution in [3.8, 4) is 5.75 Å². The van der Waals surface area contributed by atoms with Gasteiger partial charge in [0.15, 0.2) is 0 Å². The van der Waals surface area contributed by atoms with Crippen molar-refractivity contribution in [3.63, 3.8) is 0 Å². The molecule has 4 amide bonds. The number of anilines is 3. The lowest BCUT2D eigenvalue weighted by Gasteiger charge is -2.27. The van der Waals surface area contributed by atoms with Gasteiger partial charge in [-0.15, -0.1) is 0 Å². The van der Waals surface area contributed by atoms with E-state index in [4.69, 9.17) is 9.84 Å². The maximum Gasteiger partial charge on any atom is 0.323 e. The lowest BCUT2D eigenvalue weighted by molar-refractivity contribution is -0.143. The van der Waals surface area contributed by atoms with Crippen LogP contribution >= 0.6 is 0 Å². The standard InChI is InChI=1S/C30H33N5O8/c1-18-7-4-5-8-20(18)32-30(42)33-22-12-11-19(15-24(22)43-3)16-26(36)34-25-10-6-9-21(31-25)23(17-29(40)41)35(2)27(37)13-14-28(38)39/h4-12,15,23H,13-14,16-17H2,1-3H3,(H,38,39)(H,40,41)(H,31,34,36)(H2,32,33,42). The summed E-state index contributed by atoms with van der Waals surface area (Å²) >= 11 is 0. The zero-order valence-electron chi connectivity index (χ0n) is 23.9. The molecule has 5 N–H and O–H groups in total. The number of carbonyl (C=O) groups is 5. The topological polar surface area (TPSA) is 187 Å². The number of urea groups is 1. The van der Waals surface area contributed by atoms with E-state index in [-0.39, 0.29) is 24.4 Å². The molecule has 1 unspecified atom stereocenters. The lowest BCUT2D eigenvalue weighted by Crippen LogP contribution is -2.33. The van der Waals surface area contributed by atoms with E-state index in [0.717, 1.165) is 10.5 Å². The van der Waals surface area contributed by atoms with Crippen LogP contribution in [-0.2, 0) is 25.6 Å². The number of methoxy groups -OCH3 is 1. The van der Waals surface area contributed by atoms with E-state index in [1.807, 2.05) is 25.1 Å². The molecule has 0 aliphatic rings. The van der Waals surface area contributed by atoms with Gasteiger partial charge in [-0.1, -0.05) is 30.3 Å². The van der Waals surface area contributed by atoms with Gasteiger partial charge in [0.05, 0.1) is 43.8 Å². The molecule has 3 rings (SSSR count). The van der Waals surface area contributed by atoms with Crippen LogP contribution in [0.5, 0.6) is 5.75 Å². The van der Waals surface area contributed by atoms with Gasteiger partial charge < -0.3 is 35.8 Å². The SMILES string of the molecule is COc1cc(CC(=O)Nc2cccc(C(CC(=O)O)N(C)C(=O)CCC(=O)O)n2)ccc1NC(=O)Nc1ccccc1C. The second kappa shape index (κ2) is 15.0. The van der Waals surface area contributed by atoms with Crippen LogP contribution in [0, 0.1) is 6.92 Å². The Labute approximate surface area is 247 Å². The zero-order valence-corrected chi connectivity index (χ0v) is 23.9. The summed E-state index contributed by atoms with van der Waals surface area (Å²) in [6.45, 7) is 1.88. The third-order valence-corrected chi connectivity index (χ3v) is 6.43. The Morgan fingerprint density at radius 1 is 0.884 bits per heavy atom. The van der Waals surface area contributed by atoms with Crippen molar-refractivity contribution in [1.29, 1.82) is 0 Å². The fourth-order valence-electron chi connectivity index (χ4n) is 4.19. The van der Waals surface area contributed by atoms with Gasteiger partial charge in [-0.2, -0.15) is 0 Å². The van der Waals surface area contributed by atoms with E-state index in [1.54, 1.807) is 30.3 Å². The molecule has 3 aromatic rings. The highest BCUT2D eigenvalue weighted by Crippen LogP contribution is 2.27. The maximum absolute atomic E-state index is 12.8. The maximum atomic E-state index is 12.8. The third kappa shape index (κ3) is 9.56. The highest BCUT2D eigenvalue weighted by atomic mass is 16.5. The number of carboxylic acid groups (broad SMARTS) is 2. The number of pyridine rings is 1. The molecule has 0 fully saturated rings. The monoisotopic (exact) mass is 591 g/mol. The number of aromatic nitrogens is 1. The van der Waals surface area contributed by atoms with Crippen LogP contribution in [0.15, 0.2) is 60.7 Å². The Hall–Kier alpha value is -5.46. The average Bonchev–Trinajstić information content (AvgIpc) is 2.96. The summed E-state index contributed by atoms with van der Waals surface area (Å²) < 4.78 is 5.41. The van der Waals surface area contributed by atoms with Crippen LogP contribution in [0.25, 0.3) is 0 Å². The van der Waals surface area contributed by atoms with Crippen molar-refractivity contribution in [2.45, 2.75) is 38.6 Å². The number of nitrogens with one attached hydrogen (secondary N) is 3. The Morgan fingerprint density at radius 3 is 2.28 bits per heavy atom. The molecule has 0 spiro atoms. The molecule has 1 atom stereocenters. The van der Waals surface area contributed by atoms with E-state index >= 15 is 0 Å². The van der Waals surface area contributed by atoms with Crippen molar-refractivity contribution in [1.82, 2.24) is 9.88 Å². The predicted octanol–water partition coefficient (Wildman–Crippen LogP) is 4.06. The number of carbonyl (C=O) groups excluding carboxylic acids is 3. The first kappa shape index (κ1) is 32.1.